The topological polar surface area (TPSA) is 345 Å². The summed E-state index contributed by atoms with van der Waals surface area (Å²) in [5, 5.41) is 66.4. The van der Waals surface area contributed by atoms with Gasteiger partial charge in [-0.2, -0.15) is 0 Å². The van der Waals surface area contributed by atoms with E-state index in [2.05, 4.69) is 10.6 Å². The van der Waals surface area contributed by atoms with E-state index in [4.69, 9.17) is 65.8 Å². The van der Waals surface area contributed by atoms with Crippen molar-refractivity contribution >= 4 is 70.8 Å². The number of benzene rings is 3. The molecule has 6 fully saturated rings. The lowest BCUT2D eigenvalue weighted by molar-refractivity contribution is -0.303. The van der Waals surface area contributed by atoms with Crippen molar-refractivity contribution in [2.45, 2.75) is 260 Å². The fourth-order valence-corrected chi connectivity index (χ4v) is 20.3. The van der Waals surface area contributed by atoms with E-state index < -0.39 is 205 Å². The van der Waals surface area contributed by atoms with E-state index in [1.165, 1.54) is 0 Å². The van der Waals surface area contributed by atoms with Gasteiger partial charge in [-0.25, -0.2) is 19.2 Å². The van der Waals surface area contributed by atoms with Gasteiger partial charge in [0.2, 0.25) is 0 Å². The normalized spacial score (nSPS) is 35.0. The van der Waals surface area contributed by atoms with E-state index in [0.717, 1.165) is 5.56 Å². The SMILES string of the molecule is C.CC1=C2[C@@H](O)C(=O)[C@@]3(C)C([C@H](C)[C@](O)(C[C@@H]1OC(=O)[C@H](O)[C@@H](NC(=O)OC(C)(C)C)c1ccccc1)C2(C)C)[C@]1(C)CO[C@@H]1C[C@@H]3O.CC1=C2[C@@H](OC(=O)CCl)C(=O)[C@@]3(C)C([C@H](C)[C@](O)(C[C@@H]1OC(=O)[C@H](OCc1ccccc1)[C@@H](NC(=O)OC(C)(C)C)c1ccccc1)C2(C)C)[C@]1(C)CO[C@@H]1C[C@@H]3OC(=O)CCl.[2HH]. The number of alkyl halides is 2. The van der Waals surface area contributed by atoms with Gasteiger partial charge in [-0.05, 0) is 132 Å². The Morgan fingerprint density at radius 2 is 1.00 bits per heavy atom. The monoisotopic (exact) mass is 1580 g/mol. The second-order valence-electron chi connectivity index (χ2n) is 35.2. The predicted octanol–water partition coefficient (Wildman–Crippen LogP) is 11.4. The predicted molar refractivity (Wildman–Crippen MR) is 409 cm³/mol. The van der Waals surface area contributed by atoms with Crippen molar-refractivity contribution in [3.63, 3.8) is 0 Å². The molecule has 2 saturated heterocycles. The number of esters is 4. The van der Waals surface area contributed by atoms with Crippen molar-refractivity contribution in [2.24, 2.45) is 56.2 Å². The van der Waals surface area contributed by atoms with Crippen LogP contribution < -0.4 is 10.6 Å². The van der Waals surface area contributed by atoms with Gasteiger partial charge in [-0.1, -0.05) is 154 Å². The maximum atomic E-state index is 15.6. The maximum Gasteiger partial charge on any atom is 0.408 e. The summed E-state index contributed by atoms with van der Waals surface area (Å²) in [6, 6.07) is 24.1. The van der Waals surface area contributed by atoms with Crippen LogP contribution in [0.5, 0.6) is 0 Å². The molecule has 2 amide bonds. The molecule has 26 heteroatoms. The Morgan fingerprint density at radius 1 is 0.582 bits per heavy atom. The molecule has 11 rings (SSSR count). The van der Waals surface area contributed by atoms with E-state index in [9.17, 15) is 59.1 Å². The molecule has 2 unspecified atom stereocenters. The minimum atomic E-state index is -1.87. The number of carbonyl (C=O) groups is 8. The fraction of sp³-hybridized carbons (Fsp3) is 0.643. The Bertz CT molecular complexity index is 4020. The molecule has 0 aromatic heterocycles. The number of alkyl carbamates (subject to hydrolysis) is 2. The molecule has 4 bridgehead atoms. The van der Waals surface area contributed by atoms with Gasteiger partial charge in [0.25, 0.3) is 0 Å². The van der Waals surface area contributed by atoms with Crippen LogP contribution in [-0.4, -0.2) is 182 Å². The molecule has 24 nitrogen and oxygen atoms in total. The van der Waals surface area contributed by atoms with E-state index >= 15 is 4.79 Å². The van der Waals surface area contributed by atoms with Gasteiger partial charge in [-0.15, -0.1) is 23.2 Å². The van der Waals surface area contributed by atoms with Gasteiger partial charge < -0.3 is 78.8 Å². The van der Waals surface area contributed by atoms with E-state index in [1.54, 1.807) is 158 Å². The van der Waals surface area contributed by atoms with Crippen LogP contribution in [0.2, 0.25) is 0 Å². The third-order valence-electron chi connectivity index (χ3n) is 25.8. The Kier molecular flexibility index (Phi) is 25.2. The molecule has 2 aliphatic heterocycles. The Balaban J connectivity index is 0.000000284. The number of ketones is 2. The first kappa shape index (κ1) is 87.1. The zero-order valence-corrected chi connectivity index (χ0v) is 67.2. The van der Waals surface area contributed by atoms with Crippen LogP contribution in [0, 0.1) is 56.2 Å². The average Bonchev–Trinajstić information content (AvgIpc) is 0.678. The highest BCUT2D eigenvalue weighted by molar-refractivity contribution is 6.27. The lowest BCUT2D eigenvalue weighted by Crippen LogP contribution is -2.75. The highest BCUT2D eigenvalue weighted by atomic mass is 35.5. The molecule has 7 N–H and O–H groups in total. The number of rotatable bonds is 17. The number of Topliss-reactive ketones (excluding diaryl/α,β-unsaturated/α-hetero) is 2. The minimum absolute atomic E-state index is 0. The number of amides is 2. The van der Waals surface area contributed by atoms with E-state index in [0.29, 0.717) is 28.9 Å². The van der Waals surface area contributed by atoms with Crippen LogP contribution in [0.25, 0.3) is 0 Å². The smallest absolute Gasteiger partial charge is 0.408 e. The Hall–Kier alpha value is -6.84. The van der Waals surface area contributed by atoms with Crippen LogP contribution >= 0.6 is 23.2 Å². The number of fused-ring (bicyclic) bond motifs is 10. The summed E-state index contributed by atoms with van der Waals surface area (Å²) in [4.78, 5) is 111. The van der Waals surface area contributed by atoms with Gasteiger partial charge in [0.1, 0.15) is 47.4 Å². The fourth-order valence-electron chi connectivity index (χ4n) is 20.2. The number of hydrogen-bond donors (Lipinski definition) is 7. The van der Waals surface area contributed by atoms with Crippen molar-refractivity contribution in [2.75, 3.05) is 25.0 Å². The molecule has 6 aliphatic carbocycles. The molecule has 0 spiro atoms. The first-order chi connectivity index (χ1) is 50.6. The van der Waals surface area contributed by atoms with Crippen molar-refractivity contribution in [3.8, 4) is 0 Å². The van der Waals surface area contributed by atoms with Gasteiger partial charge in [0.15, 0.2) is 29.9 Å². The summed E-state index contributed by atoms with van der Waals surface area (Å²) in [7, 11) is 0. The number of aliphatic hydroxyl groups excluding tert-OH is 3. The van der Waals surface area contributed by atoms with Crippen molar-refractivity contribution < 1.29 is 108 Å². The molecular weight excluding hydrogens is 1460 g/mol. The third-order valence-corrected chi connectivity index (χ3v) is 26.2. The van der Waals surface area contributed by atoms with Crippen molar-refractivity contribution in [3.05, 3.63) is 130 Å². The third kappa shape index (κ3) is 15.5. The number of carbonyl (C=O) groups excluding carboxylic acids is 8. The van der Waals surface area contributed by atoms with E-state index in [-0.39, 0.29) is 65.0 Å². The highest BCUT2D eigenvalue weighted by Crippen LogP contribution is 2.70. The minimum Gasteiger partial charge on any atom is -0.460 e. The zero-order chi connectivity index (χ0) is 80.6. The van der Waals surface area contributed by atoms with Gasteiger partial charge in [-0.3, -0.25) is 19.2 Å². The summed E-state index contributed by atoms with van der Waals surface area (Å²) in [5.41, 5.74) is -8.76. The van der Waals surface area contributed by atoms with Crippen molar-refractivity contribution in [1.29, 1.82) is 0 Å². The zero-order valence-electron chi connectivity index (χ0n) is 65.7. The van der Waals surface area contributed by atoms with E-state index in [1.807, 2.05) is 58.0 Å². The van der Waals surface area contributed by atoms with Crippen LogP contribution in [0.15, 0.2) is 113 Å². The summed E-state index contributed by atoms with van der Waals surface area (Å²) in [5.74, 6) is -8.39. The molecule has 110 heavy (non-hydrogen) atoms. The number of hydrogen-bond acceptors (Lipinski definition) is 22. The van der Waals surface area contributed by atoms with Crippen LogP contribution in [0.1, 0.15) is 188 Å². The lowest BCUT2D eigenvalue weighted by Gasteiger charge is -2.68. The molecule has 3 aromatic rings. The summed E-state index contributed by atoms with van der Waals surface area (Å²) < 4.78 is 53.7. The summed E-state index contributed by atoms with van der Waals surface area (Å²) >= 11 is 12.0. The van der Waals surface area contributed by atoms with Crippen LogP contribution in [-0.2, 0) is 78.0 Å². The summed E-state index contributed by atoms with van der Waals surface area (Å²) in [6.07, 6.45) is -13.3. The molecular formula is C84H116Cl2N2O22. The molecule has 0 radical (unpaired) electrons. The quantitative estimate of drug-likeness (QED) is 0.0286. The molecule has 3 aromatic carbocycles. The van der Waals surface area contributed by atoms with Gasteiger partial charge >= 0.3 is 36.1 Å². The largest absolute Gasteiger partial charge is 0.460 e. The molecule has 4 saturated carbocycles. The highest BCUT2D eigenvalue weighted by Gasteiger charge is 2.76. The second kappa shape index (κ2) is 31.9. The van der Waals surface area contributed by atoms with Crippen LogP contribution in [0.3, 0.4) is 0 Å². The number of halogens is 2. The first-order valence-electron chi connectivity index (χ1n) is 37.5. The van der Waals surface area contributed by atoms with Gasteiger partial charge in [0.05, 0.1) is 72.2 Å². The molecule has 8 aliphatic rings. The molecule has 22 atom stereocenters. The first-order valence-corrected chi connectivity index (χ1v) is 38.6. The van der Waals surface area contributed by atoms with Gasteiger partial charge in [0, 0.05) is 48.8 Å². The molecule has 608 valence electrons. The van der Waals surface area contributed by atoms with Crippen molar-refractivity contribution in [1.82, 2.24) is 10.6 Å². The summed E-state index contributed by atoms with van der Waals surface area (Å²) in [6.45, 7) is 32.3. The Morgan fingerprint density at radius 3 is 1.46 bits per heavy atom. The Labute approximate surface area is 657 Å². The number of aliphatic hydroxyl groups is 5. The number of nitrogens with one attached hydrogen (secondary N) is 2. The lowest BCUT2D eigenvalue weighted by atomic mass is 9.40. The number of ether oxygens (including phenoxy) is 9. The van der Waals surface area contributed by atoms with Crippen LogP contribution in [0.4, 0.5) is 9.59 Å². The maximum absolute atomic E-state index is 15.6. The standard InChI is InChI=1S/C47H59Cl2NO12.C36H51NO10.CH4.H2/c1-26-30(59-41(54)38(57-24-28-16-12-10-13-17-28)36(29-18-14-11-15-19-29)50-42(55)62-43(3,4)5)21-47(56)27(2)39-45(8)25-58-31(45)20-32(60-33(51)22-48)46(39,9)40(53)37(61-34(52)23-49)35(26)44(47,6)7;1-18-21(46-30(42)27(40)25(20-13-11-10-12-14-20)37-31(43)47-32(3,4)5)16-36(44)19(2)28-34(8)17-45-23(34)15-22(38)35(28,9)29(41)26(39)24(18)33(36,6)7;;/h10-19,27,30-32,36-39,56H,20-25H2,1-9H3,(H,50,55);10-14,19,21-23,25-28,38-40,44H,15-17H2,1-9H3,(H,37,43);1H4;1H/t27-,30-,31+,32-,36-,37+,38+,39?,45+,46+,47+;19-,21-,22-,23+,25-,26+,27+,28?,34+,35+,36+;;/m00../s1/i;;;1+1. The molecule has 2 heterocycles. The second-order valence-corrected chi connectivity index (χ2v) is 35.8. The average molecular weight is 1580 g/mol.